The highest BCUT2D eigenvalue weighted by atomic mass is 32.1. The molecule has 0 radical (unpaired) electrons. The summed E-state index contributed by atoms with van der Waals surface area (Å²) in [6.07, 6.45) is 7.01. The van der Waals surface area contributed by atoms with Crippen LogP contribution < -0.4 is 4.74 Å². The van der Waals surface area contributed by atoms with Crippen LogP contribution in [0.3, 0.4) is 0 Å². The normalized spacial score (nSPS) is 17.2. The van der Waals surface area contributed by atoms with E-state index in [2.05, 4.69) is 21.6 Å². The van der Waals surface area contributed by atoms with E-state index in [0.717, 1.165) is 53.5 Å². The van der Waals surface area contributed by atoms with Gasteiger partial charge in [-0.2, -0.15) is 0 Å². The number of thiazole rings is 1. The lowest BCUT2D eigenvalue weighted by molar-refractivity contribution is -0.134. The van der Waals surface area contributed by atoms with Crippen molar-refractivity contribution in [1.29, 1.82) is 0 Å². The first-order chi connectivity index (χ1) is 13.7. The molecule has 28 heavy (non-hydrogen) atoms. The quantitative estimate of drug-likeness (QED) is 0.600. The molecule has 2 aromatic heterocycles. The van der Waals surface area contributed by atoms with Crippen LogP contribution in [0.15, 0.2) is 35.8 Å². The summed E-state index contributed by atoms with van der Waals surface area (Å²) in [5, 5.41) is 2.06. The van der Waals surface area contributed by atoms with E-state index >= 15 is 0 Å². The van der Waals surface area contributed by atoms with E-state index in [1.165, 1.54) is 6.42 Å². The molecule has 1 saturated heterocycles. The number of aromatic nitrogens is 2. The predicted molar refractivity (Wildman–Crippen MR) is 113 cm³/mol. The highest BCUT2D eigenvalue weighted by Crippen LogP contribution is 2.27. The molecule has 5 nitrogen and oxygen atoms in total. The van der Waals surface area contributed by atoms with Crippen LogP contribution in [-0.2, 0) is 11.2 Å². The molecule has 1 aromatic carbocycles. The van der Waals surface area contributed by atoms with Crippen molar-refractivity contribution in [2.45, 2.75) is 52.0 Å². The smallest absolute Gasteiger partial charge is 0.228 e. The van der Waals surface area contributed by atoms with E-state index in [-0.39, 0.29) is 5.91 Å². The van der Waals surface area contributed by atoms with Crippen molar-refractivity contribution in [3.05, 3.63) is 41.5 Å². The highest BCUT2D eigenvalue weighted by molar-refractivity contribution is 7.15. The molecule has 0 bridgehead atoms. The number of hydrogen-bond acceptors (Lipinski definition) is 4. The Balaban J connectivity index is 1.53. The van der Waals surface area contributed by atoms with Crippen LogP contribution in [0.25, 0.3) is 16.2 Å². The largest absolute Gasteiger partial charge is 0.494 e. The number of carbonyl (C=O) groups is 1. The lowest BCUT2D eigenvalue weighted by Gasteiger charge is -2.35. The van der Waals surface area contributed by atoms with Crippen LogP contribution in [-0.4, -0.2) is 39.4 Å². The number of benzene rings is 1. The number of carbonyl (C=O) groups excluding carboxylic acids is 1. The molecule has 0 N–H and O–H groups in total. The minimum atomic E-state index is 0.238. The van der Waals surface area contributed by atoms with Gasteiger partial charge in [-0.05, 0) is 56.9 Å². The number of ether oxygens (including phenoxy) is 1. The standard InChI is InChI=1S/C22H27N3O2S/c1-3-17-7-5-6-12-24(17)21(26)13-18-15-28-22-23-20(14-25(18)22)16-8-10-19(11-9-16)27-4-2/h8-11,14-15,17H,3-7,12-13H2,1-2H3/t17-/m1/s1. The van der Waals surface area contributed by atoms with Gasteiger partial charge in [0.2, 0.25) is 5.91 Å². The molecule has 6 heteroatoms. The third kappa shape index (κ3) is 3.78. The van der Waals surface area contributed by atoms with Crippen LogP contribution in [0, 0.1) is 0 Å². The van der Waals surface area contributed by atoms with Gasteiger partial charge >= 0.3 is 0 Å². The van der Waals surface area contributed by atoms with Gasteiger partial charge < -0.3 is 9.64 Å². The third-order valence-corrected chi connectivity index (χ3v) is 6.38. The first kappa shape index (κ1) is 19.0. The first-order valence-electron chi connectivity index (χ1n) is 10.2. The predicted octanol–water partition coefficient (Wildman–Crippen LogP) is 4.80. The summed E-state index contributed by atoms with van der Waals surface area (Å²) in [5.41, 5.74) is 3.00. The Labute approximate surface area is 170 Å². The maximum atomic E-state index is 12.9. The molecular weight excluding hydrogens is 370 g/mol. The molecule has 1 fully saturated rings. The van der Waals surface area contributed by atoms with Gasteiger partial charge in [0.15, 0.2) is 4.96 Å². The average molecular weight is 398 g/mol. The molecule has 0 aliphatic carbocycles. The summed E-state index contributed by atoms with van der Waals surface area (Å²) in [5.74, 6) is 1.10. The van der Waals surface area contributed by atoms with Gasteiger partial charge in [0.1, 0.15) is 5.75 Å². The molecule has 4 rings (SSSR count). The van der Waals surface area contributed by atoms with Gasteiger partial charge in [-0.25, -0.2) is 4.98 Å². The molecule has 3 heterocycles. The van der Waals surface area contributed by atoms with Crippen molar-refractivity contribution in [3.63, 3.8) is 0 Å². The summed E-state index contributed by atoms with van der Waals surface area (Å²) in [7, 11) is 0. The maximum absolute atomic E-state index is 12.9. The second-order valence-electron chi connectivity index (χ2n) is 7.28. The molecule has 0 unspecified atom stereocenters. The number of piperidine rings is 1. The Bertz CT molecular complexity index is 945. The fourth-order valence-electron chi connectivity index (χ4n) is 3.99. The lowest BCUT2D eigenvalue weighted by Crippen LogP contribution is -2.44. The Kier molecular flexibility index (Phi) is 5.67. The molecule has 148 valence electrons. The first-order valence-corrected chi connectivity index (χ1v) is 11.1. The zero-order chi connectivity index (χ0) is 19.5. The van der Waals surface area contributed by atoms with Crippen molar-refractivity contribution in [2.75, 3.05) is 13.2 Å². The number of nitrogens with zero attached hydrogens (tertiary/aromatic N) is 3. The van der Waals surface area contributed by atoms with Gasteiger partial charge in [0.05, 0.1) is 18.7 Å². The van der Waals surface area contributed by atoms with E-state index in [0.29, 0.717) is 19.1 Å². The SMILES string of the molecule is CCOc1ccc(-c2cn3c(CC(=O)N4CCCC[C@H]4CC)csc3n2)cc1. The maximum Gasteiger partial charge on any atom is 0.228 e. The Morgan fingerprint density at radius 1 is 1.25 bits per heavy atom. The summed E-state index contributed by atoms with van der Waals surface area (Å²) >= 11 is 1.59. The topological polar surface area (TPSA) is 46.8 Å². The van der Waals surface area contributed by atoms with Crippen LogP contribution in [0.1, 0.15) is 45.2 Å². The molecule has 3 aromatic rings. The second-order valence-corrected chi connectivity index (χ2v) is 8.12. The van der Waals surface area contributed by atoms with Crippen LogP contribution in [0.4, 0.5) is 0 Å². The van der Waals surface area contributed by atoms with Gasteiger partial charge in [0.25, 0.3) is 0 Å². The third-order valence-electron chi connectivity index (χ3n) is 5.50. The summed E-state index contributed by atoms with van der Waals surface area (Å²) < 4.78 is 7.58. The number of rotatable bonds is 6. The second kappa shape index (κ2) is 8.35. The number of fused-ring (bicyclic) bond motifs is 1. The number of imidazole rings is 1. The Morgan fingerprint density at radius 3 is 2.82 bits per heavy atom. The van der Waals surface area contributed by atoms with E-state index in [4.69, 9.17) is 9.72 Å². The van der Waals surface area contributed by atoms with E-state index in [9.17, 15) is 4.79 Å². The molecule has 1 amide bonds. The van der Waals surface area contributed by atoms with Crippen molar-refractivity contribution in [1.82, 2.24) is 14.3 Å². The summed E-state index contributed by atoms with van der Waals surface area (Å²) in [4.78, 5) is 20.7. The van der Waals surface area contributed by atoms with Gasteiger partial charge in [-0.1, -0.05) is 6.92 Å². The number of likely N-dealkylation sites (tertiary alicyclic amines) is 1. The van der Waals surface area contributed by atoms with Crippen LogP contribution in [0.5, 0.6) is 5.75 Å². The minimum Gasteiger partial charge on any atom is -0.494 e. The van der Waals surface area contributed by atoms with Crippen molar-refractivity contribution in [2.24, 2.45) is 0 Å². The monoisotopic (exact) mass is 397 g/mol. The van der Waals surface area contributed by atoms with Crippen molar-refractivity contribution < 1.29 is 9.53 Å². The molecular formula is C22H27N3O2S. The zero-order valence-electron chi connectivity index (χ0n) is 16.6. The summed E-state index contributed by atoms with van der Waals surface area (Å²) in [6.45, 7) is 5.71. The van der Waals surface area contributed by atoms with Crippen molar-refractivity contribution >= 4 is 22.2 Å². The van der Waals surface area contributed by atoms with Gasteiger partial charge in [0, 0.05) is 35.4 Å². The number of hydrogen-bond donors (Lipinski definition) is 0. The molecule has 1 aliphatic heterocycles. The van der Waals surface area contributed by atoms with Gasteiger partial charge in [-0.3, -0.25) is 9.20 Å². The lowest BCUT2D eigenvalue weighted by atomic mass is 9.99. The fourth-order valence-corrected chi connectivity index (χ4v) is 4.87. The zero-order valence-corrected chi connectivity index (χ0v) is 17.4. The molecule has 1 atom stereocenters. The molecule has 0 saturated carbocycles. The van der Waals surface area contributed by atoms with Crippen LogP contribution >= 0.6 is 11.3 Å². The van der Waals surface area contributed by atoms with Gasteiger partial charge in [-0.15, -0.1) is 11.3 Å². The number of amides is 1. The van der Waals surface area contributed by atoms with E-state index in [1.54, 1.807) is 11.3 Å². The molecule has 0 spiro atoms. The van der Waals surface area contributed by atoms with E-state index < -0.39 is 0 Å². The minimum absolute atomic E-state index is 0.238. The van der Waals surface area contributed by atoms with E-state index in [1.807, 2.05) is 37.4 Å². The van der Waals surface area contributed by atoms with Crippen molar-refractivity contribution in [3.8, 4) is 17.0 Å². The Hall–Kier alpha value is -2.34. The highest BCUT2D eigenvalue weighted by Gasteiger charge is 2.26. The fraction of sp³-hybridized carbons (Fsp3) is 0.455. The average Bonchev–Trinajstić information content (AvgIpc) is 3.31. The Morgan fingerprint density at radius 2 is 2.07 bits per heavy atom. The van der Waals surface area contributed by atoms with Crippen LogP contribution in [0.2, 0.25) is 0 Å². The summed E-state index contributed by atoms with van der Waals surface area (Å²) in [6, 6.07) is 8.40. The molecule has 1 aliphatic rings.